The summed E-state index contributed by atoms with van der Waals surface area (Å²) in [6, 6.07) is 27.4. The van der Waals surface area contributed by atoms with Gasteiger partial charge in [0, 0.05) is 0 Å². The number of rotatable bonds is 7. The van der Waals surface area contributed by atoms with Gasteiger partial charge in [-0.2, -0.15) is 0 Å². The quantitative estimate of drug-likeness (QED) is 0.360. The number of para-hydroxylation sites is 5. The number of anilines is 1. The van der Waals surface area contributed by atoms with E-state index in [1.807, 2.05) is 78.9 Å². The molecule has 0 amide bonds. The molecule has 0 unspecified atom stereocenters. The van der Waals surface area contributed by atoms with E-state index in [1.54, 1.807) is 0 Å². The maximum atomic E-state index is 6.34. The van der Waals surface area contributed by atoms with E-state index in [4.69, 9.17) is 17.7 Å². The Hall–Kier alpha value is -3.16. The first-order chi connectivity index (χ1) is 16.4. The first-order valence-corrected chi connectivity index (χ1v) is 14.5. The molecule has 0 radical (unpaired) electrons. The van der Waals surface area contributed by atoms with Crippen LogP contribution in [-0.4, -0.2) is 27.0 Å². The van der Waals surface area contributed by atoms with Crippen molar-refractivity contribution in [3.8, 4) is 23.0 Å². The van der Waals surface area contributed by atoms with Crippen molar-refractivity contribution >= 4 is 14.0 Å². The van der Waals surface area contributed by atoms with Crippen LogP contribution >= 0.6 is 0 Å². The second-order valence-corrected chi connectivity index (χ2v) is 12.9. The van der Waals surface area contributed by atoms with Gasteiger partial charge in [-0.25, -0.2) is 0 Å². The molecule has 34 heavy (non-hydrogen) atoms. The third kappa shape index (κ3) is 5.48. The normalized spacial score (nSPS) is 17.1. The number of quaternary nitrogens is 1. The number of hydrogen-bond donors (Lipinski definition) is 2. The van der Waals surface area contributed by atoms with E-state index in [2.05, 4.69) is 38.3 Å². The molecule has 2 aliphatic rings. The Kier molecular flexibility index (Phi) is 7.04. The Morgan fingerprint density at radius 3 is 1.44 bits per heavy atom. The summed E-state index contributed by atoms with van der Waals surface area (Å²) in [6.07, 6.45) is 0.782. The van der Waals surface area contributed by atoms with Crippen LogP contribution in [0.1, 0.15) is 34.1 Å². The molecular weight excluding hydrogens is 444 g/mol. The van der Waals surface area contributed by atoms with Crippen LogP contribution in [0.25, 0.3) is 0 Å². The van der Waals surface area contributed by atoms with Gasteiger partial charge in [-0.1, -0.05) is 0 Å². The number of nitrogens with two attached hydrogens (primary N) is 1. The molecule has 5 rings (SSSR count). The van der Waals surface area contributed by atoms with Gasteiger partial charge in [0.05, 0.1) is 12.1 Å². The van der Waals surface area contributed by atoms with Gasteiger partial charge in [-0.3, -0.25) is 0 Å². The minimum absolute atomic E-state index is 0.545. The minimum atomic E-state index is -4.11. The number of fused-ring (bicyclic) bond motifs is 2. The zero-order chi connectivity index (χ0) is 24.0. The third-order valence-electron chi connectivity index (χ3n) is 5.56. The standard InChI is InChI=1S/C21H20NO4Si.C6H15N/c1-2-9-17(10-3-1)22-15-8-16-27(23-18-11-4-5-12-19(18)24-27)25-20-13-6-7-14-21(20)26-27;1-5(2)7-6(3)4/h1-7,9-14,22H,8,15-16H2;5-7H,1-4H3/q-1;/p+1. The molecule has 0 saturated carbocycles. The van der Waals surface area contributed by atoms with Crippen LogP contribution in [0.5, 0.6) is 23.0 Å². The van der Waals surface area contributed by atoms with Gasteiger partial charge in [0.2, 0.25) is 0 Å². The fourth-order valence-corrected chi connectivity index (χ4v) is 8.14. The van der Waals surface area contributed by atoms with E-state index in [1.165, 1.54) is 0 Å². The van der Waals surface area contributed by atoms with Gasteiger partial charge in [0.1, 0.15) is 0 Å². The van der Waals surface area contributed by atoms with Gasteiger partial charge >= 0.3 is 158 Å². The van der Waals surface area contributed by atoms with Crippen LogP contribution in [0.3, 0.4) is 0 Å². The summed E-state index contributed by atoms with van der Waals surface area (Å²) in [4.78, 5) is 0. The second-order valence-electron chi connectivity index (χ2n) is 9.46. The van der Waals surface area contributed by atoms with E-state index in [9.17, 15) is 0 Å². The van der Waals surface area contributed by atoms with Crippen molar-refractivity contribution in [2.45, 2.75) is 52.2 Å². The summed E-state index contributed by atoms with van der Waals surface area (Å²) in [6.45, 7) is 9.60. The number of hydrogen-bond acceptors (Lipinski definition) is 5. The topological polar surface area (TPSA) is 65.6 Å². The molecule has 0 atom stereocenters. The van der Waals surface area contributed by atoms with Gasteiger partial charge < -0.3 is 5.32 Å². The predicted molar refractivity (Wildman–Crippen MR) is 138 cm³/mol. The van der Waals surface area contributed by atoms with Crippen molar-refractivity contribution in [1.29, 1.82) is 0 Å². The van der Waals surface area contributed by atoms with Crippen molar-refractivity contribution in [3.05, 3.63) is 78.9 Å². The first-order valence-electron chi connectivity index (χ1n) is 12.1. The van der Waals surface area contributed by atoms with Crippen LogP contribution in [0.15, 0.2) is 78.9 Å². The van der Waals surface area contributed by atoms with Crippen LogP contribution in [0.4, 0.5) is 5.69 Å². The van der Waals surface area contributed by atoms with Gasteiger partial charge in [-0.05, 0) is 27.7 Å². The van der Waals surface area contributed by atoms with Crippen molar-refractivity contribution in [2.24, 2.45) is 0 Å². The summed E-state index contributed by atoms with van der Waals surface area (Å²) >= 11 is 0. The molecule has 0 bridgehead atoms. The monoisotopic (exact) mass is 480 g/mol. The summed E-state index contributed by atoms with van der Waals surface area (Å²) in [7, 11) is -4.11. The second kappa shape index (κ2) is 9.99. The van der Waals surface area contributed by atoms with Gasteiger partial charge in [-0.15, -0.1) is 0 Å². The zero-order valence-electron chi connectivity index (χ0n) is 20.5. The van der Waals surface area contributed by atoms with E-state index in [0.29, 0.717) is 29.0 Å². The van der Waals surface area contributed by atoms with Crippen LogP contribution < -0.4 is 28.3 Å². The molecule has 2 aliphatic heterocycles. The Morgan fingerprint density at radius 1 is 0.647 bits per heavy atom. The maximum absolute atomic E-state index is 6.34. The Labute approximate surface area is 203 Å². The van der Waals surface area contributed by atoms with Crippen molar-refractivity contribution < 1.29 is 23.0 Å². The van der Waals surface area contributed by atoms with E-state index in [-0.39, 0.29) is 0 Å². The molecule has 3 aromatic carbocycles. The molecule has 3 N–H and O–H groups in total. The Bertz CT molecular complexity index is 972. The molecule has 0 aliphatic carbocycles. The summed E-state index contributed by atoms with van der Waals surface area (Å²) in [5, 5.41) is 5.75. The number of benzene rings is 3. The number of nitrogens with one attached hydrogen (secondary N) is 1. The van der Waals surface area contributed by atoms with Gasteiger partial charge in [0.25, 0.3) is 0 Å². The van der Waals surface area contributed by atoms with E-state index < -0.39 is 8.33 Å². The summed E-state index contributed by atoms with van der Waals surface area (Å²) in [5.74, 6) is 2.70. The molecule has 0 aromatic heterocycles. The molecular formula is C27H36N2O4Si. The van der Waals surface area contributed by atoms with Gasteiger partial charge in [0.15, 0.2) is 0 Å². The van der Waals surface area contributed by atoms with Crippen LogP contribution in [-0.2, 0) is 0 Å². The Morgan fingerprint density at radius 2 is 1.06 bits per heavy atom. The van der Waals surface area contributed by atoms with E-state index >= 15 is 0 Å². The fourth-order valence-electron chi connectivity index (χ4n) is 4.35. The van der Waals surface area contributed by atoms with E-state index in [0.717, 1.165) is 30.7 Å². The average molecular weight is 481 g/mol. The Balaban J connectivity index is 0.000000344. The molecule has 6 nitrogen and oxygen atoms in total. The molecule has 2 heterocycles. The fraction of sp³-hybridized carbons (Fsp3) is 0.333. The van der Waals surface area contributed by atoms with Crippen molar-refractivity contribution in [2.75, 3.05) is 11.9 Å². The first kappa shape index (κ1) is 24.0. The molecule has 182 valence electrons. The predicted octanol–water partition coefficient (Wildman–Crippen LogP) is 5.19. The third-order valence-corrected chi connectivity index (χ3v) is 9.19. The van der Waals surface area contributed by atoms with Crippen LogP contribution in [0.2, 0.25) is 6.04 Å². The molecule has 0 saturated heterocycles. The average Bonchev–Trinajstić information content (AvgIpc) is 3.31. The zero-order valence-corrected chi connectivity index (χ0v) is 21.5. The van der Waals surface area contributed by atoms with Crippen molar-refractivity contribution in [3.63, 3.8) is 0 Å². The molecule has 7 heteroatoms. The SMILES string of the molecule is CC(C)[NH2+]C(C)C.c1ccc(NCCC[Si-]23(Oc4ccccc4O2)Oc2ccccc2O3)cc1. The molecule has 0 fully saturated rings. The molecule has 1 spiro atoms. The van der Waals surface area contributed by atoms with Crippen LogP contribution in [0, 0.1) is 0 Å². The summed E-state index contributed by atoms with van der Waals surface area (Å²) in [5.41, 5.74) is 1.08. The molecule has 3 aromatic rings. The summed E-state index contributed by atoms with van der Waals surface area (Å²) < 4.78 is 25.3. The van der Waals surface area contributed by atoms with Crippen molar-refractivity contribution in [1.82, 2.24) is 0 Å².